The molecule has 25 heavy (non-hydrogen) atoms. The van der Waals surface area contributed by atoms with E-state index in [-0.39, 0.29) is 18.2 Å². The first-order valence-corrected chi connectivity index (χ1v) is 10.00. The molecular weight excluding hydrogens is 360 g/mol. The Kier molecular flexibility index (Phi) is 3.69. The van der Waals surface area contributed by atoms with E-state index in [4.69, 9.17) is 0 Å². The van der Waals surface area contributed by atoms with Gasteiger partial charge in [0.05, 0.1) is 26.6 Å². The molecule has 0 spiro atoms. The summed E-state index contributed by atoms with van der Waals surface area (Å²) in [5, 5.41) is 3.84. The second kappa shape index (κ2) is 5.78. The number of nitrogens with zero attached hydrogens (tertiary/aromatic N) is 3. The predicted molar refractivity (Wildman–Crippen MR) is 98.1 cm³/mol. The van der Waals surface area contributed by atoms with Gasteiger partial charge in [0.1, 0.15) is 5.84 Å². The average molecular weight is 374 g/mol. The molecule has 1 N–H and O–H groups in total. The zero-order chi connectivity index (χ0) is 17.6. The van der Waals surface area contributed by atoms with Gasteiger partial charge in [-0.1, -0.05) is 0 Å². The Labute approximate surface area is 148 Å². The maximum atomic E-state index is 12.5. The minimum absolute atomic E-state index is 0.0584. The van der Waals surface area contributed by atoms with E-state index in [2.05, 4.69) is 14.7 Å². The van der Waals surface area contributed by atoms with E-state index < -0.39 is 10.0 Å². The van der Waals surface area contributed by atoms with Crippen molar-refractivity contribution in [2.24, 2.45) is 4.40 Å². The lowest BCUT2D eigenvalue weighted by atomic mass is 10.1. The molecule has 0 bridgehead atoms. The quantitative estimate of drug-likeness (QED) is 0.868. The molecular formula is C16H14N4O3S2. The topological polar surface area (TPSA) is 91.7 Å². The summed E-state index contributed by atoms with van der Waals surface area (Å²) in [4.78, 5) is 18.5. The highest BCUT2D eigenvalue weighted by atomic mass is 32.2. The van der Waals surface area contributed by atoms with Crippen molar-refractivity contribution >= 4 is 49.0 Å². The zero-order valence-electron chi connectivity index (χ0n) is 13.3. The third kappa shape index (κ3) is 3.20. The number of aromatic nitrogens is 1. The highest BCUT2D eigenvalue weighted by Crippen LogP contribution is 2.25. The Bertz CT molecular complexity index is 1080. The smallest absolute Gasteiger partial charge is 0.257 e. The molecule has 0 atom stereocenters. The molecule has 2 aromatic rings. The van der Waals surface area contributed by atoms with Crippen molar-refractivity contribution in [3.05, 3.63) is 47.1 Å². The summed E-state index contributed by atoms with van der Waals surface area (Å²) < 4.78 is 27.7. The Morgan fingerprint density at radius 2 is 2.16 bits per heavy atom. The first-order valence-electron chi connectivity index (χ1n) is 7.57. The Balaban J connectivity index is 1.55. The summed E-state index contributed by atoms with van der Waals surface area (Å²) in [6.07, 6.45) is 4.74. The molecule has 1 amide bonds. The summed E-state index contributed by atoms with van der Waals surface area (Å²) in [5.41, 5.74) is 2.04. The molecule has 1 aromatic heterocycles. The number of sulfonamides is 1. The van der Waals surface area contributed by atoms with Gasteiger partial charge in [-0.3, -0.25) is 4.79 Å². The Hall–Kier alpha value is -2.52. The number of rotatable bonds is 2. The number of amides is 1. The maximum Gasteiger partial charge on any atom is 0.257 e. The van der Waals surface area contributed by atoms with E-state index in [0.717, 1.165) is 15.2 Å². The number of amidine groups is 1. The number of anilines is 1. The molecule has 2 aliphatic rings. The largest absolute Gasteiger partial charge is 0.330 e. The van der Waals surface area contributed by atoms with E-state index >= 15 is 0 Å². The highest BCUT2D eigenvalue weighted by molar-refractivity contribution is 7.90. The van der Waals surface area contributed by atoms with Gasteiger partial charge in [0, 0.05) is 18.4 Å². The van der Waals surface area contributed by atoms with Gasteiger partial charge in [-0.05, 0) is 37.3 Å². The van der Waals surface area contributed by atoms with Crippen LogP contribution in [-0.2, 0) is 14.8 Å². The Morgan fingerprint density at radius 1 is 1.32 bits per heavy atom. The molecule has 7 nitrogen and oxygen atoms in total. The van der Waals surface area contributed by atoms with Gasteiger partial charge in [0.2, 0.25) is 0 Å². The number of carbonyl (C=O) groups is 1. The lowest BCUT2D eigenvalue weighted by Gasteiger charge is -2.26. The molecule has 0 fully saturated rings. The summed E-state index contributed by atoms with van der Waals surface area (Å²) in [7, 11) is -3.40. The molecule has 4 rings (SSSR count). The summed E-state index contributed by atoms with van der Waals surface area (Å²) in [6, 6.07) is 5.58. The minimum Gasteiger partial charge on any atom is -0.330 e. The molecule has 0 aliphatic carbocycles. The number of nitrogens with one attached hydrogen (secondary N) is 1. The van der Waals surface area contributed by atoms with Crippen molar-refractivity contribution in [3.8, 4) is 0 Å². The molecule has 1 aromatic carbocycles. The van der Waals surface area contributed by atoms with Crippen molar-refractivity contribution in [1.29, 1.82) is 0 Å². The standard InChI is InChI=1S/C16H14N4O3S2/c1-10-17-13-4-3-12(8-14(13)24-10)18-16(21)11-2-5-15-19-25(22,23)7-6-20(15)9-11/h2-5,8-9H,6-7H2,1H3,(H,18,21). The van der Waals surface area contributed by atoms with Crippen molar-refractivity contribution < 1.29 is 13.2 Å². The van der Waals surface area contributed by atoms with E-state index in [1.807, 2.05) is 25.1 Å². The van der Waals surface area contributed by atoms with Gasteiger partial charge < -0.3 is 10.2 Å². The van der Waals surface area contributed by atoms with Crippen LogP contribution in [0.15, 0.2) is 46.5 Å². The third-order valence-corrected chi connectivity index (χ3v) is 5.94. The number of fused-ring (bicyclic) bond motifs is 2. The first-order chi connectivity index (χ1) is 11.9. The van der Waals surface area contributed by atoms with Gasteiger partial charge in [0.15, 0.2) is 0 Å². The number of benzene rings is 1. The number of thiazole rings is 1. The number of aryl methyl sites for hydroxylation is 1. The zero-order valence-corrected chi connectivity index (χ0v) is 14.9. The monoisotopic (exact) mass is 374 g/mol. The van der Waals surface area contributed by atoms with Crippen LogP contribution in [0.4, 0.5) is 5.69 Å². The second-order valence-corrected chi connectivity index (χ2v) is 8.71. The molecule has 128 valence electrons. The fraction of sp³-hybridized carbons (Fsp3) is 0.188. The average Bonchev–Trinajstić information content (AvgIpc) is 2.93. The van der Waals surface area contributed by atoms with Gasteiger partial charge >= 0.3 is 0 Å². The highest BCUT2D eigenvalue weighted by Gasteiger charge is 2.25. The van der Waals surface area contributed by atoms with E-state index in [1.165, 1.54) is 0 Å². The van der Waals surface area contributed by atoms with E-state index in [0.29, 0.717) is 17.1 Å². The molecule has 3 heterocycles. The molecule has 0 radical (unpaired) electrons. The van der Waals surface area contributed by atoms with Crippen LogP contribution in [0.5, 0.6) is 0 Å². The van der Waals surface area contributed by atoms with Gasteiger partial charge in [-0.25, -0.2) is 13.4 Å². The second-order valence-electron chi connectivity index (χ2n) is 5.72. The van der Waals surface area contributed by atoms with Crippen molar-refractivity contribution in [1.82, 2.24) is 9.88 Å². The van der Waals surface area contributed by atoms with Crippen molar-refractivity contribution in [3.63, 3.8) is 0 Å². The van der Waals surface area contributed by atoms with Crippen molar-refractivity contribution in [2.75, 3.05) is 17.6 Å². The summed E-state index contributed by atoms with van der Waals surface area (Å²) >= 11 is 1.57. The van der Waals surface area contributed by atoms with E-state index in [1.54, 1.807) is 34.6 Å². The normalized spacial score (nSPS) is 18.5. The van der Waals surface area contributed by atoms with Crippen LogP contribution in [-0.4, -0.2) is 42.3 Å². The van der Waals surface area contributed by atoms with Gasteiger partial charge in [0.25, 0.3) is 15.9 Å². The third-order valence-electron chi connectivity index (χ3n) is 3.84. The van der Waals surface area contributed by atoms with Crippen LogP contribution in [0.3, 0.4) is 0 Å². The minimum atomic E-state index is -3.40. The fourth-order valence-electron chi connectivity index (χ4n) is 2.66. The lowest BCUT2D eigenvalue weighted by Crippen LogP contribution is -2.37. The predicted octanol–water partition coefficient (Wildman–Crippen LogP) is 2.04. The van der Waals surface area contributed by atoms with Crippen LogP contribution >= 0.6 is 11.3 Å². The molecule has 2 aliphatic heterocycles. The van der Waals surface area contributed by atoms with Gasteiger partial charge in [-0.2, -0.15) is 0 Å². The fourth-order valence-corrected chi connectivity index (χ4v) is 4.49. The molecule has 0 saturated heterocycles. The van der Waals surface area contributed by atoms with Crippen LogP contribution in [0.25, 0.3) is 10.2 Å². The SMILES string of the molecule is Cc1nc2ccc(NC(=O)C3=CN4CCS(=O)(=O)N=C4C=C3)cc2s1. The molecule has 0 unspecified atom stereocenters. The number of carbonyl (C=O) groups excluding carboxylic acids is 1. The van der Waals surface area contributed by atoms with Crippen LogP contribution in [0.2, 0.25) is 0 Å². The van der Waals surface area contributed by atoms with Crippen LogP contribution < -0.4 is 5.32 Å². The van der Waals surface area contributed by atoms with Crippen LogP contribution in [0, 0.1) is 6.92 Å². The molecule has 0 saturated carbocycles. The number of hydrogen-bond acceptors (Lipinski definition) is 6. The number of hydrogen-bond donors (Lipinski definition) is 1. The first kappa shape index (κ1) is 16.0. The van der Waals surface area contributed by atoms with Crippen LogP contribution in [0.1, 0.15) is 5.01 Å². The van der Waals surface area contributed by atoms with E-state index in [9.17, 15) is 13.2 Å². The summed E-state index contributed by atoms with van der Waals surface area (Å²) in [5.74, 6) is 0.0191. The van der Waals surface area contributed by atoms with Crippen molar-refractivity contribution in [2.45, 2.75) is 6.92 Å². The summed E-state index contributed by atoms with van der Waals surface area (Å²) in [6.45, 7) is 2.23. The maximum absolute atomic E-state index is 12.5. The molecule has 9 heteroatoms. The van der Waals surface area contributed by atoms with Gasteiger partial charge in [-0.15, -0.1) is 15.7 Å². The lowest BCUT2D eigenvalue weighted by molar-refractivity contribution is -0.112. The Morgan fingerprint density at radius 3 is 3.00 bits per heavy atom.